The molecule has 0 aliphatic carbocycles. The van der Waals surface area contributed by atoms with Crippen molar-refractivity contribution in [1.82, 2.24) is 9.88 Å². The van der Waals surface area contributed by atoms with E-state index in [0.29, 0.717) is 22.4 Å². The number of aromatic nitrogens is 1. The number of furan rings is 1. The zero-order valence-electron chi connectivity index (χ0n) is 14.1. The first-order valence-corrected chi connectivity index (χ1v) is 9.77. The Labute approximate surface area is 163 Å². The Morgan fingerprint density at radius 2 is 2.19 bits per heavy atom. The van der Waals surface area contributed by atoms with Crippen LogP contribution in [0.3, 0.4) is 0 Å². The second-order valence-electron chi connectivity index (χ2n) is 5.51. The van der Waals surface area contributed by atoms with Gasteiger partial charge in [0.25, 0.3) is 5.91 Å². The third kappa shape index (κ3) is 4.24. The van der Waals surface area contributed by atoms with Crippen LogP contribution in [0.15, 0.2) is 80.0 Å². The standard InChI is InChI=1S/C19H14N4O2S2/c24-18-17(10-16-6-3-9-26-16)27-19(23(18)13-15-5-2-8-25-15)22-21-12-14-4-1-7-20-11-14/h1-12H,13H2/b17-10-,21-12+,22-19+. The summed E-state index contributed by atoms with van der Waals surface area (Å²) in [6.45, 7) is 0.307. The normalized spacial score (nSPS) is 17.6. The number of amidine groups is 1. The van der Waals surface area contributed by atoms with E-state index in [0.717, 1.165) is 10.4 Å². The smallest absolute Gasteiger partial charge is 0.267 e. The molecule has 4 rings (SSSR count). The van der Waals surface area contributed by atoms with Crippen LogP contribution in [0.25, 0.3) is 6.08 Å². The van der Waals surface area contributed by atoms with Crippen molar-refractivity contribution < 1.29 is 9.21 Å². The van der Waals surface area contributed by atoms with Gasteiger partial charge in [0.15, 0.2) is 5.17 Å². The number of thioether (sulfide) groups is 1. The summed E-state index contributed by atoms with van der Waals surface area (Å²) in [6.07, 6.45) is 8.46. The number of thiophene rings is 1. The minimum Gasteiger partial charge on any atom is -0.467 e. The van der Waals surface area contributed by atoms with E-state index in [2.05, 4.69) is 15.2 Å². The second kappa shape index (κ2) is 8.15. The number of pyridine rings is 1. The van der Waals surface area contributed by atoms with Crippen LogP contribution in [0.2, 0.25) is 0 Å². The second-order valence-corrected chi connectivity index (χ2v) is 7.50. The molecule has 6 nitrogen and oxygen atoms in total. The SMILES string of the molecule is O=C1/C(=C/c2cccs2)S/C(=N/N=C/c2cccnc2)N1Cc1ccco1. The first-order valence-electron chi connectivity index (χ1n) is 8.08. The van der Waals surface area contributed by atoms with Crippen molar-refractivity contribution in [3.05, 3.63) is 81.5 Å². The molecule has 3 aromatic rings. The van der Waals surface area contributed by atoms with Gasteiger partial charge in [-0.3, -0.25) is 14.7 Å². The molecule has 0 bridgehead atoms. The van der Waals surface area contributed by atoms with Crippen LogP contribution < -0.4 is 0 Å². The van der Waals surface area contributed by atoms with E-state index in [1.54, 1.807) is 47.2 Å². The van der Waals surface area contributed by atoms with Gasteiger partial charge in [-0.1, -0.05) is 12.1 Å². The van der Waals surface area contributed by atoms with Crippen molar-refractivity contribution in [1.29, 1.82) is 0 Å². The molecule has 0 aromatic carbocycles. The summed E-state index contributed by atoms with van der Waals surface area (Å²) >= 11 is 2.88. The molecule has 0 spiro atoms. The molecule has 0 atom stereocenters. The third-order valence-electron chi connectivity index (χ3n) is 3.63. The van der Waals surface area contributed by atoms with Gasteiger partial charge >= 0.3 is 0 Å². The van der Waals surface area contributed by atoms with Crippen LogP contribution >= 0.6 is 23.1 Å². The maximum Gasteiger partial charge on any atom is 0.267 e. The fraction of sp³-hybridized carbons (Fsp3) is 0.0526. The molecule has 4 heterocycles. The molecule has 0 N–H and O–H groups in total. The Bertz CT molecular complexity index is 994. The lowest BCUT2D eigenvalue weighted by molar-refractivity contribution is -0.122. The van der Waals surface area contributed by atoms with E-state index < -0.39 is 0 Å². The number of nitrogens with zero attached hydrogens (tertiary/aromatic N) is 4. The Balaban J connectivity index is 1.61. The molecule has 134 valence electrons. The maximum absolute atomic E-state index is 12.9. The van der Waals surface area contributed by atoms with Gasteiger partial charge in [-0.05, 0) is 47.5 Å². The first kappa shape index (κ1) is 17.4. The van der Waals surface area contributed by atoms with Crippen molar-refractivity contribution in [3.63, 3.8) is 0 Å². The van der Waals surface area contributed by atoms with E-state index in [1.165, 1.54) is 11.8 Å². The summed E-state index contributed by atoms with van der Waals surface area (Å²) in [6, 6.07) is 11.3. The summed E-state index contributed by atoms with van der Waals surface area (Å²) in [5.74, 6) is 0.574. The molecule has 1 aliphatic rings. The van der Waals surface area contributed by atoms with E-state index in [4.69, 9.17) is 4.42 Å². The van der Waals surface area contributed by atoms with Gasteiger partial charge in [0, 0.05) is 22.8 Å². The van der Waals surface area contributed by atoms with Gasteiger partial charge < -0.3 is 4.42 Å². The predicted octanol–water partition coefficient (Wildman–Crippen LogP) is 4.24. The molecule has 0 unspecified atom stereocenters. The number of rotatable bonds is 5. The molecular weight excluding hydrogens is 380 g/mol. The zero-order chi connectivity index (χ0) is 18.5. The minimum atomic E-state index is -0.111. The van der Waals surface area contributed by atoms with Gasteiger partial charge in [0.05, 0.1) is 23.9 Å². The highest BCUT2D eigenvalue weighted by Crippen LogP contribution is 2.34. The van der Waals surface area contributed by atoms with Crippen LogP contribution in [-0.2, 0) is 11.3 Å². The molecule has 1 fully saturated rings. The zero-order valence-corrected chi connectivity index (χ0v) is 15.7. The molecule has 1 saturated heterocycles. The molecule has 27 heavy (non-hydrogen) atoms. The van der Waals surface area contributed by atoms with E-state index in [-0.39, 0.29) is 5.91 Å². The van der Waals surface area contributed by atoms with Crippen molar-refractivity contribution in [2.75, 3.05) is 0 Å². The predicted molar refractivity (Wildman–Crippen MR) is 108 cm³/mol. The Hall–Kier alpha value is -2.97. The summed E-state index contributed by atoms with van der Waals surface area (Å²) in [4.78, 5) is 20.1. The molecule has 0 radical (unpaired) electrons. The van der Waals surface area contributed by atoms with Crippen LogP contribution in [-0.4, -0.2) is 27.2 Å². The van der Waals surface area contributed by atoms with Crippen molar-refractivity contribution in [2.24, 2.45) is 10.2 Å². The van der Waals surface area contributed by atoms with Crippen LogP contribution in [0, 0.1) is 0 Å². The largest absolute Gasteiger partial charge is 0.467 e. The summed E-state index contributed by atoms with van der Waals surface area (Å²) in [5, 5.41) is 10.9. The Morgan fingerprint density at radius 1 is 1.22 bits per heavy atom. The Kier molecular flexibility index (Phi) is 5.27. The quantitative estimate of drug-likeness (QED) is 0.369. The monoisotopic (exact) mass is 394 g/mol. The van der Waals surface area contributed by atoms with E-state index in [9.17, 15) is 4.79 Å². The summed E-state index contributed by atoms with van der Waals surface area (Å²) in [5.41, 5.74) is 0.836. The highest BCUT2D eigenvalue weighted by molar-refractivity contribution is 8.18. The van der Waals surface area contributed by atoms with Gasteiger partial charge in [0.2, 0.25) is 0 Å². The molecule has 3 aromatic heterocycles. The van der Waals surface area contributed by atoms with Crippen LogP contribution in [0.1, 0.15) is 16.2 Å². The fourth-order valence-electron chi connectivity index (χ4n) is 2.38. The average Bonchev–Trinajstić information content (AvgIpc) is 3.43. The topological polar surface area (TPSA) is 71.1 Å². The van der Waals surface area contributed by atoms with Crippen LogP contribution in [0.4, 0.5) is 0 Å². The number of carbonyl (C=O) groups is 1. The molecule has 0 saturated carbocycles. The lowest BCUT2D eigenvalue weighted by Crippen LogP contribution is -2.28. The number of hydrogen-bond acceptors (Lipinski definition) is 7. The maximum atomic E-state index is 12.9. The highest BCUT2D eigenvalue weighted by Gasteiger charge is 2.34. The van der Waals surface area contributed by atoms with E-state index >= 15 is 0 Å². The molecule has 1 aliphatic heterocycles. The summed E-state index contributed by atoms with van der Waals surface area (Å²) < 4.78 is 5.38. The summed E-state index contributed by atoms with van der Waals surface area (Å²) in [7, 11) is 0. The van der Waals surface area contributed by atoms with Crippen molar-refractivity contribution >= 4 is 46.5 Å². The van der Waals surface area contributed by atoms with Crippen LogP contribution in [0.5, 0.6) is 0 Å². The Morgan fingerprint density at radius 3 is 2.93 bits per heavy atom. The van der Waals surface area contributed by atoms with Gasteiger partial charge in [0.1, 0.15) is 5.76 Å². The minimum absolute atomic E-state index is 0.111. The lowest BCUT2D eigenvalue weighted by Gasteiger charge is -2.12. The number of hydrogen-bond donors (Lipinski definition) is 0. The van der Waals surface area contributed by atoms with Gasteiger partial charge in [-0.25, -0.2) is 0 Å². The van der Waals surface area contributed by atoms with E-state index in [1.807, 2.05) is 41.8 Å². The molecule has 1 amide bonds. The van der Waals surface area contributed by atoms with Crippen molar-refractivity contribution in [3.8, 4) is 0 Å². The molecular formula is C19H14N4O2S2. The van der Waals surface area contributed by atoms with Gasteiger partial charge in [-0.2, -0.15) is 5.10 Å². The average molecular weight is 394 g/mol. The van der Waals surface area contributed by atoms with Crippen molar-refractivity contribution in [2.45, 2.75) is 6.54 Å². The molecule has 8 heteroatoms. The third-order valence-corrected chi connectivity index (χ3v) is 5.45. The lowest BCUT2D eigenvalue weighted by atomic mass is 10.3. The number of carbonyl (C=O) groups excluding carboxylic acids is 1. The fourth-order valence-corrected chi connectivity index (χ4v) is 4.04. The van der Waals surface area contributed by atoms with Gasteiger partial charge in [-0.15, -0.1) is 16.4 Å². The highest BCUT2D eigenvalue weighted by atomic mass is 32.2. The number of amides is 1. The first-order chi connectivity index (χ1) is 13.3.